The summed E-state index contributed by atoms with van der Waals surface area (Å²) in [5, 5.41) is 2.80. The van der Waals surface area contributed by atoms with Crippen molar-refractivity contribution in [3.8, 4) is 5.75 Å². The second-order valence-corrected chi connectivity index (χ2v) is 8.68. The van der Waals surface area contributed by atoms with Crippen LogP contribution in [0.15, 0.2) is 53.4 Å². The topological polar surface area (TPSA) is 75.7 Å². The van der Waals surface area contributed by atoms with Gasteiger partial charge in [0.1, 0.15) is 12.4 Å². The lowest BCUT2D eigenvalue weighted by molar-refractivity contribution is -0.121. The number of carbonyl (C=O) groups is 1. The smallest absolute Gasteiger partial charge is 0.242 e. The standard InChI is InChI=1S/C21H28N2O4S/c1-17-9-7-12-20(18(17)2)27-16-14-22-21(24)13-8-15-23(3)28(25,26)19-10-5-4-6-11-19/h4-7,9-12H,8,13-16H2,1-3H3,(H,22,24). The second-order valence-electron chi connectivity index (χ2n) is 6.64. The number of amides is 1. The minimum absolute atomic E-state index is 0.116. The van der Waals surface area contributed by atoms with E-state index in [4.69, 9.17) is 4.74 Å². The fraction of sp³-hybridized carbons (Fsp3) is 0.381. The quantitative estimate of drug-likeness (QED) is 0.618. The fourth-order valence-electron chi connectivity index (χ4n) is 2.68. The molecule has 0 aromatic heterocycles. The number of carbonyl (C=O) groups excluding carboxylic acids is 1. The molecule has 0 aliphatic heterocycles. The number of benzene rings is 2. The van der Waals surface area contributed by atoms with Crippen molar-refractivity contribution in [1.82, 2.24) is 9.62 Å². The van der Waals surface area contributed by atoms with Crippen molar-refractivity contribution >= 4 is 15.9 Å². The van der Waals surface area contributed by atoms with E-state index in [2.05, 4.69) is 5.32 Å². The van der Waals surface area contributed by atoms with E-state index in [1.165, 1.54) is 11.4 Å². The monoisotopic (exact) mass is 404 g/mol. The summed E-state index contributed by atoms with van der Waals surface area (Å²) in [6.07, 6.45) is 0.713. The van der Waals surface area contributed by atoms with Crippen molar-refractivity contribution in [1.29, 1.82) is 0 Å². The highest BCUT2D eigenvalue weighted by atomic mass is 32.2. The van der Waals surface area contributed by atoms with Crippen molar-refractivity contribution in [2.75, 3.05) is 26.7 Å². The number of ether oxygens (including phenoxy) is 1. The first-order valence-corrected chi connectivity index (χ1v) is 10.7. The second kappa shape index (κ2) is 10.2. The summed E-state index contributed by atoms with van der Waals surface area (Å²) < 4.78 is 31.8. The zero-order valence-electron chi connectivity index (χ0n) is 16.6. The number of rotatable bonds is 10. The van der Waals surface area contributed by atoms with Gasteiger partial charge in [-0.2, -0.15) is 0 Å². The van der Waals surface area contributed by atoms with Crippen LogP contribution in [0.1, 0.15) is 24.0 Å². The van der Waals surface area contributed by atoms with E-state index >= 15 is 0 Å². The van der Waals surface area contributed by atoms with Gasteiger partial charge in [-0.15, -0.1) is 0 Å². The van der Waals surface area contributed by atoms with Crippen molar-refractivity contribution < 1.29 is 17.9 Å². The van der Waals surface area contributed by atoms with Gasteiger partial charge >= 0.3 is 0 Å². The molecule has 1 amide bonds. The Morgan fingerprint density at radius 1 is 1.07 bits per heavy atom. The van der Waals surface area contributed by atoms with E-state index in [0.717, 1.165) is 16.9 Å². The van der Waals surface area contributed by atoms with Crippen LogP contribution in [0.2, 0.25) is 0 Å². The third-order valence-corrected chi connectivity index (χ3v) is 6.44. The lowest BCUT2D eigenvalue weighted by Gasteiger charge is -2.17. The minimum Gasteiger partial charge on any atom is -0.491 e. The van der Waals surface area contributed by atoms with Crippen molar-refractivity contribution in [2.45, 2.75) is 31.6 Å². The molecule has 0 atom stereocenters. The van der Waals surface area contributed by atoms with Crippen LogP contribution in [0, 0.1) is 13.8 Å². The van der Waals surface area contributed by atoms with E-state index in [-0.39, 0.29) is 23.8 Å². The van der Waals surface area contributed by atoms with Gasteiger partial charge in [0.25, 0.3) is 0 Å². The summed E-state index contributed by atoms with van der Waals surface area (Å²) >= 11 is 0. The van der Waals surface area contributed by atoms with Crippen molar-refractivity contribution in [2.24, 2.45) is 0 Å². The van der Waals surface area contributed by atoms with Crippen molar-refractivity contribution in [3.05, 3.63) is 59.7 Å². The molecule has 0 unspecified atom stereocenters. The average molecular weight is 405 g/mol. The number of hydrogen-bond acceptors (Lipinski definition) is 4. The Balaban J connectivity index is 1.68. The lowest BCUT2D eigenvalue weighted by Crippen LogP contribution is -2.31. The Labute approximate surface area is 167 Å². The summed E-state index contributed by atoms with van der Waals surface area (Å²) in [6, 6.07) is 14.2. The maximum absolute atomic E-state index is 12.4. The molecule has 0 heterocycles. The van der Waals surface area contributed by atoms with E-state index < -0.39 is 10.0 Å². The number of hydrogen-bond donors (Lipinski definition) is 1. The van der Waals surface area contributed by atoms with Crippen LogP contribution in [0.4, 0.5) is 0 Å². The van der Waals surface area contributed by atoms with Gasteiger partial charge in [0.2, 0.25) is 15.9 Å². The summed E-state index contributed by atoms with van der Waals surface area (Å²) in [6.45, 7) is 5.11. The molecule has 2 aromatic rings. The van der Waals surface area contributed by atoms with Gasteiger partial charge in [0, 0.05) is 20.0 Å². The Morgan fingerprint density at radius 2 is 1.79 bits per heavy atom. The fourth-order valence-corrected chi connectivity index (χ4v) is 3.91. The highest BCUT2D eigenvalue weighted by molar-refractivity contribution is 7.89. The minimum atomic E-state index is -3.51. The van der Waals surface area contributed by atoms with E-state index in [1.54, 1.807) is 30.3 Å². The summed E-state index contributed by atoms with van der Waals surface area (Å²) in [5.41, 5.74) is 2.26. The Morgan fingerprint density at radius 3 is 2.50 bits per heavy atom. The van der Waals surface area contributed by atoms with Crippen molar-refractivity contribution in [3.63, 3.8) is 0 Å². The number of aryl methyl sites for hydroxylation is 1. The van der Waals surface area contributed by atoms with Gasteiger partial charge in [0.05, 0.1) is 11.4 Å². The molecule has 152 valence electrons. The van der Waals surface area contributed by atoms with Gasteiger partial charge in [-0.1, -0.05) is 30.3 Å². The predicted molar refractivity (Wildman–Crippen MR) is 110 cm³/mol. The maximum atomic E-state index is 12.4. The molecule has 0 aliphatic carbocycles. The van der Waals surface area contributed by atoms with Crippen LogP contribution in [-0.2, 0) is 14.8 Å². The summed E-state index contributed by atoms with van der Waals surface area (Å²) in [5.74, 6) is 0.706. The van der Waals surface area contributed by atoms with Gasteiger partial charge < -0.3 is 10.1 Å². The maximum Gasteiger partial charge on any atom is 0.242 e. The molecular weight excluding hydrogens is 376 g/mol. The van der Waals surface area contributed by atoms with Crippen LogP contribution < -0.4 is 10.1 Å². The largest absolute Gasteiger partial charge is 0.491 e. The van der Waals surface area contributed by atoms with Gasteiger partial charge in [-0.3, -0.25) is 4.79 Å². The highest BCUT2D eigenvalue weighted by Gasteiger charge is 2.19. The van der Waals surface area contributed by atoms with Crippen LogP contribution in [0.3, 0.4) is 0 Å². The van der Waals surface area contributed by atoms with Gasteiger partial charge in [0.15, 0.2) is 0 Å². The summed E-state index contributed by atoms with van der Waals surface area (Å²) in [7, 11) is -1.99. The predicted octanol–water partition coefficient (Wildman–Crippen LogP) is 2.90. The van der Waals surface area contributed by atoms with Crippen LogP contribution in [0.5, 0.6) is 5.75 Å². The molecule has 6 nitrogen and oxygen atoms in total. The van der Waals surface area contributed by atoms with E-state index in [0.29, 0.717) is 19.6 Å². The molecule has 0 saturated heterocycles. The molecule has 1 N–H and O–H groups in total. The number of sulfonamides is 1. The SMILES string of the molecule is Cc1cccc(OCCNC(=O)CCCN(C)S(=O)(=O)c2ccccc2)c1C. The zero-order chi connectivity index (χ0) is 20.6. The molecule has 0 saturated carbocycles. The average Bonchev–Trinajstić information content (AvgIpc) is 2.68. The van der Waals surface area contributed by atoms with Gasteiger partial charge in [-0.25, -0.2) is 12.7 Å². The Bertz CT molecular complexity index is 883. The first kappa shape index (κ1) is 21.9. The Kier molecular flexibility index (Phi) is 8.02. The van der Waals surface area contributed by atoms with Gasteiger partial charge in [-0.05, 0) is 49.6 Å². The lowest BCUT2D eigenvalue weighted by atomic mass is 10.1. The molecule has 28 heavy (non-hydrogen) atoms. The van der Waals surface area contributed by atoms with E-state index in [1.807, 2.05) is 32.0 Å². The zero-order valence-corrected chi connectivity index (χ0v) is 17.5. The molecule has 2 rings (SSSR count). The third-order valence-electron chi connectivity index (χ3n) is 4.56. The molecule has 0 spiro atoms. The summed E-state index contributed by atoms with van der Waals surface area (Å²) in [4.78, 5) is 12.2. The van der Waals surface area contributed by atoms with Crippen LogP contribution in [0.25, 0.3) is 0 Å². The number of nitrogens with zero attached hydrogens (tertiary/aromatic N) is 1. The Hall–Kier alpha value is -2.38. The van der Waals surface area contributed by atoms with E-state index in [9.17, 15) is 13.2 Å². The molecule has 0 bridgehead atoms. The molecule has 7 heteroatoms. The van der Waals surface area contributed by atoms with Crippen LogP contribution >= 0.6 is 0 Å². The number of nitrogens with one attached hydrogen (secondary N) is 1. The molecule has 0 fully saturated rings. The highest BCUT2D eigenvalue weighted by Crippen LogP contribution is 2.20. The first-order valence-electron chi connectivity index (χ1n) is 9.29. The molecular formula is C21H28N2O4S. The third kappa shape index (κ3) is 6.07. The molecule has 2 aromatic carbocycles. The first-order chi connectivity index (χ1) is 13.3. The normalized spacial score (nSPS) is 11.4. The van der Waals surface area contributed by atoms with Crippen LogP contribution in [-0.4, -0.2) is 45.4 Å². The molecule has 0 aliphatic rings. The molecule has 0 radical (unpaired) electrons.